The number of carbonyl (C=O) groups is 2. The van der Waals surface area contributed by atoms with Crippen molar-refractivity contribution in [3.05, 3.63) is 118 Å². The SMILES string of the molecule is Cc1cccc2c1N=C1C3=C(C(=O)c4ccccc4C3=O)C(NCCCN(C)Cc3ccccc3)=CC1O2. The van der Waals surface area contributed by atoms with E-state index in [2.05, 4.69) is 41.5 Å². The molecule has 6 rings (SSSR count). The first-order valence-corrected chi connectivity index (χ1v) is 13.0. The molecule has 0 saturated heterocycles. The highest BCUT2D eigenvalue weighted by atomic mass is 16.5. The predicted molar refractivity (Wildman–Crippen MR) is 148 cm³/mol. The van der Waals surface area contributed by atoms with Crippen LogP contribution < -0.4 is 10.1 Å². The number of nitrogens with zero attached hydrogens (tertiary/aromatic N) is 2. The van der Waals surface area contributed by atoms with Gasteiger partial charge < -0.3 is 15.0 Å². The van der Waals surface area contributed by atoms with Crippen LogP contribution >= 0.6 is 0 Å². The number of allylic oxidation sites excluding steroid dienone is 1. The van der Waals surface area contributed by atoms with E-state index in [-0.39, 0.29) is 11.6 Å². The summed E-state index contributed by atoms with van der Waals surface area (Å²) >= 11 is 0. The van der Waals surface area contributed by atoms with Crippen LogP contribution in [0.5, 0.6) is 5.75 Å². The Morgan fingerprint density at radius 3 is 2.37 bits per heavy atom. The number of rotatable bonds is 7. The average Bonchev–Trinajstić information content (AvgIpc) is 2.93. The normalized spacial score (nSPS) is 17.6. The molecule has 1 unspecified atom stereocenters. The monoisotopic (exact) mass is 503 g/mol. The van der Waals surface area contributed by atoms with E-state index in [0.717, 1.165) is 25.1 Å². The van der Waals surface area contributed by atoms with Crippen LogP contribution in [0.4, 0.5) is 5.69 Å². The van der Waals surface area contributed by atoms with E-state index in [4.69, 9.17) is 9.73 Å². The number of nitrogens with one attached hydrogen (secondary N) is 1. The fourth-order valence-corrected chi connectivity index (χ4v) is 5.36. The van der Waals surface area contributed by atoms with Crippen molar-refractivity contribution in [2.45, 2.75) is 26.0 Å². The highest BCUT2D eigenvalue weighted by Gasteiger charge is 2.43. The third-order valence-electron chi connectivity index (χ3n) is 7.25. The molecule has 0 amide bonds. The summed E-state index contributed by atoms with van der Waals surface area (Å²) in [7, 11) is 2.10. The first kappa shape index (κ1) is 24.1. The Morgan fingerprint density at radius 2 is 1.61 bits per heavy atom. The van der Waals surface area contributed by atoms with Crippen molar-refractivity contribution in [2.75, 3.05) is 20.1 Å². The lowest BCUT2D eigenvalue weighted by Crippen LogP contribution is -2.42. The van der Waals surface area contributed by atoms with Gasteiger partial charge >= 0.3 is 0 Å². The second-order valence-corrected chi connectivity index (χ2v) is 10.00. The maximum Gasteiger partial charge on any atom is 0.196 e. The largest absolute Gasteiger partial charge is 0.478 e. The lowest BCUT2D eigenvalue weighted by molar-refractivity contribution is 0.0978. The zero-order valence-electron chi connectivity index (χ0n) is 21.5. The average molecular weight is 504 g/mol. The Morgan fingerprint density at radius 1 is 0.895 bits per heavy atom. The number of fused-ring (bicyclic) bond motifs is 4. The maximum absolute atomic E-state index is 13.8. The van der Waals surface area contributed by atoms with Gasteiger partial charge in [0.05, 0.1) is 16.9 Å². The highest BCUT2D eigenvalue weighted by molar-refractivity contribution is 6.40. The zero-order valence-corrected chi connectivity index (χ0v) is 21.5. The standard InChI is InChI=1S/C32H29N3O3/c1-20-10-8-15-25-29(20)34-30-26(38-25)18-24(33-16-9-17-35(2)19-21-11-4-3-5-12-21)27-28(30)32(37)23-14-7-6-13-22(23)31(27)36/h3-8,10-15,18,26,33H,9,16-17,19H2,1-2H3. The van der Waals surface area contributed by atoms with Gasteiger partial charge in [0.2, 0.25) is 0 Å². The first-order valence-electron chi connectivity index (χ1n) is 13.0. The maximum atomic E-state index is 13.8. The van der Waals surface area contributed by atoms with Gasteiger partial charge in [-0.05, 0) is 50.2 Å². The third kappa shape index (κ3) is 4.27. The molecule has 6 nitrogen and oxygen atoms in total. The van der Waals surface area contributed by atoms with Crippen molar-refractivity contribution in [3.8, 4) is 5.75 Å². The van der Waals surface area contributed by atoms with Gasteiger partial charge in [-0.25, -0.2) is 4.99 Å². The summed E-state index contributed by atoms with van der Waals surface area (Å²) in [5, 5.41) is 3.46. The van der Waals surface area contributed by atoms with Crippen LogP contribution in [0.3, 0.4) is 0 Å². The molecule has 3 aromatic rings. The number of ketones is 2. The Bertz CT molecular complexity index is 1530. The fraction of sp³-hybridized carbons (Fsp3) is 0.219. The van der Waals surface area contributed by atoms with Gasteiger partial charge in [-0.15, -0.1) is 0 Å². The van der Waals surface area contributed by atoms with Crippen LogP contribution in [0, 0.1) is 6.92 Å². The van der Waals surface area contributed by atoms with Crippen molar-refractivity contribution < 1.29 is 14.3 Å². The minimum absolute atomic E-state index is 0.160. The van der Waals surface area contributed by atoms with E-state index in [9.17, 15) is 9.59 Å². The quantitative estimate of drug-likeness (QED) is 0.448. The predicted octanol–water partition coefficient (Wildman–Crippen LogP) is 5.21. The van der Waals surface area contributed by atoms with Crippen molar-refractivity contribution in [1.82, 2.24) is 10.2 Å². The van der Waals surface area contributed by atoms with Gasteiger partial charge in [-0.1, -0.05) is 66.7 Å². The molecule has 1 aliphatic heterocycles. The van der Waals surface area contributed by atoms with Crippen molar-refractivity contribution >= 4 is 23.0 Å². The van der Waals surface area contributed by atoms with Gasteiger partial charge in [0.15, 0.2) is 17.7 Å². The minimum Gasteiger partial charge on any atom is -0.478 e. The van der Waals surface area contributed by atoms with Crippen molar-refractivity contribution in [2.24, 2.45) is 4.99 Å². The molecule has 1 heterocycles. The van der Waals surface area contributed by atoms with Crippen LogP contribution in [0.2, 0.25) is 0 Å². The molecular weight excluding hydrogens is 474 g/mol. The number of para-hydroxylation sites is 1. The second-order valence-electron chi connectivity index (χ2n) is 10.00. The summed E-state index contributed by atoms with van der Waals surface area (Å²) in [6, 6.07) is 23.2. The number of ether oxygens (including phenoxy) is 1. The summed E-state index contributed by atoms with van der Waals surface area (Å²) in [6.45, 7) is 4.37. The lowest BCUT2D eigenvalue weighted by Gasteiger charge is -2.34. The van der Waals surface area contributed by atoms with Crippen LogP contribution in [-0.2, 0) is 6.54 Å². The Balaban J connectivity index is 1.28. The summed E-state index contributed by atoms with van der Waals surface area (Å²) in [6.07, 6.45) is 2.22. The molecule has 0 aromatic heterocycles. The summed E-state index contributed by atoms with van der Waals surface area (Å²) < 4.78 is 6.33. The molecule has 2 aliphatic carbocycles. The van der Waals surface area contributed by atoms with Crippen molar-refractivity contribution in [1.29, 1.82) is 0 Å². The van der Waals surface area contributed by atoms with Gasteiger partial charge in [0.25, 0.3) is 0 Å². The first-order chi connectivity index (χ1) is 18.5. The topological polar surface area (TPSA) is 71.0 Å². The van der Waals surface area contributed by atoms with Crippen molar-refractivity contribution in [3.63, 3.8) is 0 Å². The van der Waals surface area contributed by atoms with E-state index >= 15 is 0 Å². The number of hydrogen-bond donors (Lipinski definition) is 1. The molecule has 1 atom stereocenters. The van der Waals surface area contributed by atoms with E-state index in [1.165, 1.54) is 5.56 Å². The molecule has 0 radical (unpaired) electrons. The summed E-state index contributed by atoms with van der Waals surface area (Å²) in [4.78, 5) is 34.7. The molecule has 3 aromatic carbocycles. The number of carbonyl (C=O) groups excluding carboxylic acids is 2. The molecule has 0 spiro atoms. The number of aryl methyl sites for hydroxylation is 1. The van der Waals surface area contributed by atoms with Crippen LogP contribution in [0.1, 0.15) is 38.3 Å². The minimum atomic E-state index is -0.548. The van der Waals surface area contributed by atoms with Crippen LogP contribution in [0.15, 0.2) is 101 Å². The molecule has 190 valence electrons. The Hall–Kier alpha value is -4.29. The lowest BCUT2D eigenvalue weighted by atomic mass is 9.76. The molecule has 38 heavy (non-hydrogen) atoms. The number of hydrogen-bond acceptors (Lipinski definition) is 6. The molecule has 3 aliphatic rings. The smallest absolute Gasteiger partial charge is 0.196 e. The summed E-state index contributed by atoms with van der Waals surface area (Å²) in [5.74, 6) is 0.331. The molecule has 0 bridgehead atoms. The van der Waals surface area contributed by atoms with Gasteiger partial charge in [-0.2, -0.15) is 0 Å². The van der Waals surface area contributed by atoms with E-state index in [0.29, 0.717) is 51.7 Å². The number of aliphatic imine (C=N–C) groups is 1. The zero-order chi connectivity index (χ0) is 26.2. The highest BCUT2D eigenvalue weighted by Crippen LogP contribution is 2.42. The second kappa shape index (κ2) is 9.88. The Kier molecular flexibility index (Phi) is 6.26. The Labute approximate surface area is 222 Å². The molecule has 0 fully saturated rings. The molecule has 0 saturated carbocycles. The van der Waals surface area contributed by atoms with Gasteiger partial charge in [-0.3, -0.25) is 9.59 Å². The van der Waals surface area contributed by atoms with Crippen LogP contribution in [-0.4, -0.2) is 48.4 Å². The van der Waals surface area contributed by atoms with Crippen LogP contribution in [0.25, 0.3) is 0 Å². The molecule has 1 N–H and O–H groups in total. The molecule has 6 heteroatoms. The molecular formula is C32H29N3O3. The van der Waals surface area contributed by atoms with E-state index < -0.39 is 6.10 Å². The number of Topliss-reactive ketones (excluding diaryl/α,β-unsaturated/α-hetero) is 2. The van der Waals surface area contributed by atoms with Gasteiger partial charge in [0, 0.05) is 29.9 Å². The number of benzene rings is 3. The third-order valence-corrected chi connectivity index (χ3v) is 7.25. The summed E-state index contributed by atoms with van der Waals surface area (Å²) in [5.41, 5.74) is 5.65. The van der Waals surface area contributed by atoms with E-state index in [1.807, 2.05) is 37.3 Å². The van der Waals surface area contributed by atoms with E-state index in [1.54, 1.807) is 24.3 Å². The van der Waals surface area contributed by atoms with Gasteiger partial charge in [0.1, 0.15) is 11.4 Å². The fourth-order valence-electron chi connectivity index (χ4n) is 5.36.